The molecular formula is C23H22N4O5S. The van der Waals surface area contributed by atoms with Crippen molar-refractivity contribution >= 4 is 21.7 Å². The molecule has 0 radical (unpaired) electrons. The molecule has 170 valence electrons. The number of carbonyl (C=O) groups excluding carboxylic acids is 2. The number of benzene rings is 2. The summed E-state index contributed by atoms with van der Waals surface area (Å²) in [5.74, 6) is -1.25. The van der Waals surface area contributed by atoms with E-state index in [4.69, 9.17) is 4.74 Å². The number of esters is 1. The third kappa shape index (κ3) is 2.73. The molecule has 2 aliphatic heterocycles. The van der Waals surface area contributed by atoms with Crippen LogP contribution >= 0.6 is 0 Å². The number of rotatable bonds is 5. The number of ether oxygens (including phenoxy) is 1. The predicted molar refractivity (Wildman–Crippen MR) is 117 cm³/mol. The molecule has 5 rings (SSSR count). The van der Waals surface area contributed by atoms with Gasteiger partial charge >= 0.3 is 5.97 Å². The molecule has 2 aliphatic rings. The number of sulfone groups is 1. The van der Waals surface area contributed by atoms with Gasteiger partial charge in [0.25, 0.3) is 0 Å². The van der Waals surface area contributed by atoms with Crippen molar-refractivity contribution in [2.75, 3.05) is 0 Å². The van der Waals surface area contributed by atoms with Gasteiger partial charge in [-0.05, 0) is 25.0 Å². The average Bonchev–Trinajstić information content (AvgIpc) is 3.39. The molecule has 0 bridgehead atoms. The van der Waals surface area contributed by atoms with Crippen molar-refractivity contribution < 1.29 is 22.7 Å². The molecule has 0 aliphatic carbocycles. The van der Waals surface area contributed by atoms with Crippen molar-refractivity contribution in [2.24, 2.45) is 0 Å². The van der Waals surface area contributed by atoms with Crippen molar-refractivity contribution in [3.8, 4) is 0 Å². The van der Waals surface area contributed by atoms with Gasteiger partial charge in [-0.2, -0.15) is 0 Å². The van der Waals surface area contributed by atoms with Crippen LogP contribution in [0.15, 0.2) is 66.9 Å². The molecule has 0 saturated carbocycles. The van der Waals surface area contributed by atoms with E-state index in [9.17, 15) is 18.0 Å². The minimum absolute atomic E-state index is 0.0557. The van der Waals surface area contributed by atoms with Crippen molar-refractivity contribution in [1.29, 1.82) is 0 Å². The van der Waals surface area contributed by atoms with Crippen molar-refractivity contribution in [2.45, 2.75) is 42.0 Å². The minimum atomic E-state index is -4.02. The zero-order valence-corrected chi connectivity index (χ0v) is 18.8. The first-order valence-electron chi connectivity index (χ1n) is 10.5. The summed E-state index contributed by atoms with van der Waals surface area (Å²) in [5.41, 5.74) is -0.350. The highest BCUT2D eigenvalue weighted by Gasteiger charge is 2.78. The molecule has 2 aromatic carbocycles. The number of aromatic amines is 1. The van der Waals surface area contributed by atoms with E-state index in [1.807, 2.05) is 60.7 Å². The van der Waals surface area contributed by atoms with Gasteiger partial charge in [0.15, 0.2) is 26.2 Å². The summed E-state index contributed by atoms with van der Waals surface area (Å²) in [6.45, 7) is 2.85. The summed E-state index contributed by atoms with van der Waals surface area (Å²) in [6.07, 6.45) is 0.363. The Morgan fingerprint density at radius 2 is 1.67 bits per heavy atom. The fraction of sp³-hybridized carbons (Fsp3) is 0.304. The summed E-state index contributed by atoms with van der Waals surface area (Å²) in [7, 11) is -4.02. The molecule has 2 unspecified atom stereocenters. The first-order chi connectivity index (χ1) is 15.7. The predicted octanol–water partition coefficient (Wildman–Crippen LogP) is 2.10. The van der Waals surface area contributed by atoms with Gasteiger partial charge in [-0.25, -0.2) is 13.2 Å². The van der Waals surface area contributed by atoms with E-state index in [0.717, 1.165) is 16.0 Å². The lowest BCUT2D eigenvalue weighted by Gasteiger charge is -2.44. The Morgan fingerprint density at radius 3 is 2.15 bits per heavy atom. The number of aromatic nitrogens is 3. The highest BCUT2D eigenvalue weighted by Crippen LogP contribution is 2.57. The van der Waals surface area contributed by atoms with Crippen LogP contribution in [0.2, 0.25) is 0 Å². The molecule has 2 fully saturated rings. The third-order valence-electron chi connectivity index (χ3n) is 6.98. The zero-order chi connectivity index (χ0) is 23.4. The summed E-state index contributed by atoms with van der Waals surface area (Å²) >= 11 is 0. The monoisotopic (exact) mass is 466 g/mol. The van der Waals surface area contributed by atoms with Crippen LogP contribution in [-0.2, 0) is 28.9 Å². The Bertz CT molecular complexity index is 1270. The first-order valence-corrected chi connectivity index (χ1v) is 12.0. The number of nitrogens with zero attached hydrogens (tertiary/aromatic N) is 3. The second kappa shape index (κ2) is 7.24. The number of amides is 1. The van der Waals surface area contributed by atoms with Crippen LogP contribution in [-0.4, -0.2) is 51.5 Å². The molecule has 3 heterocycles. The van der Waals surface area contributed by atoms with Gasteiger partial charge < -0.3 is 9.64 Å². The molecule has 0 spiro atoms. The van der Waals surface area contributed by atoms with Crippen LogP contribution in [0.4, 0.5) is 0 Å². The highest BCUT2D eigenvalue weighted by molar-refractivity contribution is 7.93. The van der Waals surface area contributed by atoms with Crippen molar-refractivity contribution in [3.63, 3.8) is 0 Å². The van der Waals surface area contributed by atoms with Crippen molar-refractivity contribution in [1.82, 2.24) is 20.3 Å². The summed E-state index contributed by atoms with van der Waals surface area (Å²) in [6, 6.07) is 18.3. The third-order valence-corrected chi connectivity index (χ3v) is 9.81. The van der Waals surface area contributed by atoms with Gasteiger partial charge in [0.1, 0.15) is 11.1 Å². The fourth-order valence-electron chi connectivity index (χ4n) is 4.88. The molecule has 33 heavy (non-hydrogen) atoms. The van der Waals surface area contributed by atoms with E-state index in [1.165, 1.54) is 20.0 Å². The lowest BCUT2D eigenvalue weighted by Crippen LogP contribution is -2.65. The molecule has 3 aromatic rings. The Labute approximate surface area is 190 Å². The van der Waals surface area contributed by atoms with Gasteiger partial charge in [0.05, 0.1) is 6.42 Å². The first kappa shape index (κ1) is 21.3. The fourth-order valence-corrected chi connectivity index (χ4v) is 7.52. The Morgan fingerprint density at radius 1 is 1.09 bits per heavy atom. The maximum absolute atomic E-state index is 13.9. The van der Waals surface area contributed by atoms with E-state index < -0.39 is 43.5 Å². The smallest absolute Gasteiger partial charge is 0.334 e. The standard InChI is InChI=1S/C23H22N4O5S/c1-22(21(29)32-20(15-9-5-3-6-10-15)16-11-7-4-8-12-16)23(2,17-14-24-26-25-17)33(30,31)19-13-18(28)27(19)22/h3-12,14,19-20H,13H2,1-2H3,(H,24,25,26)/t19-,22?,23?/m1/s1. The summed E-state index contributed by atoms with van der Waals surface area (Å²) in [5, 5.41) is 8.99. The van der Waals surface area contributed by atoms with Crippen LogP contribution in [0.25, 0.3) is 0 Å². The highest BCUT2D eigenvalue weighted by atomic mass is 32.2. The number of β-lactam (4-membered cyclic amide) rings is 1. The summed E-state index contributed by atoms with van der Waals surface area (Å²) < 4.78 is 31.4. The quantitative estimate of drug-likeness (QED) is 0.451. The second-order valence-corrected chi connectivity index (χ2v) is 11.0. The zero-order valence-electron chi connectivity index (χ0n) is 18.0. The Kier molecular flexibility index (Phi) is 4.68. The molecule has 9 nitrogen and oxygen atoms in total. The molecule has 1 amide bonds. The van der Waals surface area contributed by atoms with E-state index in [-0.39, 0.29) is 12.1 Å². The van der Waals surface area contributed by atoms with Gasteiger partial charge in [-0.3, -0.25) is 9.89 Å². The van der Waals surface area contributed by atoms with E-state index in [0.29, 0.717) is 0 Å². The van der Waals surface area contributed by atoms with Gasteiger partial charge in [-0.15, -0.1) is 5.10 Å². The lowest BCUT2D eigenvalue weighted by atomic mass is 9.80. The van der Waals surface area contributed by atoms with Gasteiger partial charge in [0, 0.05) is 6.20 Å². The normalized spacial score (nSPS) is 27.8. The van der Waals surface area contributed by atoms with Crippen molar-refractivity contribution in [3.05, 3.63) is 83.7 Å². The summed E-state index contributed by atoms with van der Waals surface area (Å²) in [4.78, 5) is 27.7. The number of nitrogens with one attached hydrogen (secondary N) is 1. The van der Waals surface area contributed by atoms with Crippen LogP contribution in [0.3, 0.4) is 0 Å². The Hall–Kier alpha value is -3.53. The average molecular weight is 467 g/mol. The SMILES string of the molecule is CC1(C(=O)OC(c2ccccc2)c2ccccc2)N2C(=O)C[C@H]2S(=O)(=O)C1(C)c1c[nH]nn1. The number of carbonyl (C=O) groups is 2. The van der Waals surface area contributed by atoms with E-state index in [2.05, 4.69) is 15.4 Å². The van der Waals surface area contributed by atoms with Crippen LogP contribution < -0.4 is 0 Å². The number of H-pyrrole nitrogens is 1. The largest absolute Gasteiger partial charge is 0.451 e. The lowest BCUT2D eigenvalue weighted by molar-refractivity contribution is -0.174. The number of hydrogen-bond acceptors (Lipinski definition) is 7. The second-order valence-electron chi connectivity index (χ2n) is 8.54. The number of hydrogen-bond donors (Lipinski definition) is 1. The van der Waals surface area contributed by atoms with Gasteiger partial charge in [-0.1, -0.05) is 65.9 Å². The molecule has 10 heteroatoms. The minimum Gasteiger partial charge on any atom is -0.451 e. The van der Waals surface area contributed by atoms with E-state index >= 15 is 0 Å². The molecular weight excluding hydrogens is 444 g/mol. The topological polar surface area (TPSA) is 122 Å². The Balaban J connectivity index is 1.63. The van der Waals surface area contributed by atoms with Crippen LogP contribution in [0.1, 0.15) is 43.2 Å². The molecule has 1 N–H and O–H groups in total. The van der Waals surface area contributed by atoms with Crippen LogP contribution in [0, 0.1) is 0 Å². The van der Waals surface area contributed by atoms with Crippen LogP contribution in [0.5, 0.6) is 0 Å². The molecule has 2 saturated heterocycles. The van der Waals surface area contributed by atoms with Gasteiger partial charge in [0.2, 0.25) is 5.91 Å². The maximum Gasteiger partial charge on any atom is 0.334 e. The molecule has 3 atom stereocenters. The number of fused-ring (bicyclic) bond motifs is 1. The van der Waals surface area contributed by atoms with E-state index in [1.54, 1.807) is 0 Å². The molecule has 1 aromatic heterocycles. The maximum atomic E-state index is 13.9.